The van der Waals surface area contributed by atoms with Crippen LogP contribution >= 0.6 is 0 Å². The van der Waals surface area contributed by atoms with Crippen molar-refractivity contribution in [3.8, 4) is 0 Å². The summed E-state index contributed by atoms with van der Waals surface area (Å²) in [6, 6.07) is 11.2. The van der Waals surface area contributed by atoms with Gasteiger partial charge in [0.2, 0.25) is 0 Å². The summed E-state index contributed by atoms with van der Waals surface area (Å²) in [6.45, 7) is 9.52. The van der Waals surface area contributed by atoms with Crippen LogP contribution in [0.3, 0.4) is 0 Å². The highest BCUT2D eigenvalue weighted by atomic mass is 14.9. The minimum absolute atomic E-state index is 0.380. The monoisotopic (exact) mass is 268 g/mol. The highest BCUT2D eigenvalue weighted by Crippen LogP contribution is 2.72. The van der Waals surface area contributed by atoms with Crippen molar-refractivity contribution in [1.29, 1.82) is 0 Å². The number of nitrogens with zero attached hydrogens (tertiary/aromatic N) is 1. The largest absolute Gasteiger partial charge is 0.313 e. The van der Waals surface area contributed by atoms with Crippen molar-refractivity contribution in [1.82, 2.24) is 10.3 Å². The Hall–Kier alpha value is -1.41. The number of hydrogen-bond donors (Lipinski definition) is 1. The van der Waals surface area contributed by atoms with Crippen molar-refractivity contribution in [3.05, 3.63) is 42.1 Å². The van der Waals surface area contributed by atoms with Gasteiger partial charge in [0.05, 0.1) is 5.52 Å². The molecule has 0 bridgehead atoms. The average Bonchev–Trinajstić information content (AvgIpc) is 2.82. The highest BCUT2D eigenvalue weighted by Gasteiger charge is 2.67. The van der Waals surface area contributed by atoms with Gasteiger partial charge in [-0.3, -0.25) is 4.98 Å². The normalized spacial score (nSPS) is 21.9. The zero-order valence-electron chi connectivity index (χ0n) is 13.1. The predicted octanol–water partition coefficient (Wildman–Crippen LogP) is 4.18. The maximum atomic E-state index is 4.40. The summed E-state index contributed by atoms with van der Waals surface area (Å²) in [6.07, 6.45) is 1.85. The van der Waals surface area contributed by atoms with E-state index in [4.69, 9.17) is 0 Å². The lowest BCUT2D eigenvalue weighted by atomic mass is 9.95. The number of pyridine rings is 1. The standard InChI is InChI=1S/C18H24N2/c1-17(2)16(18(17,3)4)15(19-5)13-8-9-14-12(11-13)7-6-10-20-14/h6-11,15-16,19H,1-5H3. The molecule has 0 amide bonds. The Kier molecular flexibility index (Phi) is 2.91. The van der Waals surface area contributed by atoms with Gasteiger partial charge in [-0.15, -0.1) is 0 Å². The van der Waals surface area contributed by atoms with Crippen LogP contribution in [0.2, 0.25) is 0 Å². The molecule has 1 aliphatic carbocycles. The van der Waals surface area contributed by atoms with Crippen LogP contribution in [0.5, 0.6) is 0 Å². The molecule has 2 heteroatoms. The summed E-state index contributed by atoms with van der Waals surface area (Å²) in [7, 11) is 2.07. The van der Waals surface area contributed by atoms with Gasteiger partial charge in [0, 0.05) is 17.6 Å². The van der Waals surface area contributed by atoms with E-state index in [0.29, 0.717) is 22.8 Å². The van der Waals surface area contributed by atoms with Crippen molar-refractivity contribution in [2.75, 3.05) is 7.05 Å². The van der Waals surface area contributed by atoms with Crippen molar-refractivity contribution in [2.24, 2.45) is 16.7 Å². The van der Waals surface area contributed by atoms with Gasteiger partial charge in [0.1, 0.15) is 0 Å². The Bertz CT molecular complexity index is 629. The first-order valence-corrected chi connectivity index (χ1v) is 7.41. The number of aromatic nitrogens is 1. The summed E-state index contributed by atoms with van der Waals surface area (Å²) < 4.78 is 0. The van der Waals surface area contributed by atoms with E-state index in [2.05, 4.69) is 69.3 Å². The fourth-order valence-corrected chi connectivity index (χ4v) is 3.89. The third-order valence-electron chi connectivity index (χ3n) is 5.76. The SMILES string of the molecule is CNC(c1ccc2ncccc2c1)C1C(C)(C)C1(C)C. The quantitative estimate of drug-likeness (QED) is 0.903. The number of rotatable bonds is 3. The first-order chi connectivity index (χ1) is 9.39. The molecular formula is C18H24N2. The molecule has 0 aliphatic heterocycles. The molecule has 1 heterocycles. The van der Waals surface area contributed by atoms with Crippen LogP contribution in [-0.2, 0) is 0 Å². The molecule has 20 heavy (non-hydrogen) atoms. The van der Waals surface area contributed by atoms with Crippen LogP contribution in [0.15, 0.2) is 36.5 Å². The van der Waals surface area contributed by atoms with Crippen LogP contribution in [0.25, 0.3) is 10.9 Å². The van der Waals surface area contributed by atoms with E-state index in [1.54, 1.807) is 0 Å². The predicted molar refractivity (Wildman–Crippen MR) is 84.6 cm³/mol. The van der Waals surface area contributed by atoms with Crippen LogP contribution in [0.4, 0.5) is 0 Å². The number of benzene rings is 1. The third kappa shape index (κ3) is 1.78. The van der Waals surface area contributed by atoms with Gasteiger partial charge in [0.25, 0.3) is 0 Å². The van der Waals surface area contributed by atoms with E-state index in [-0.39, 0.29) is 0 Å². The minimum atomic E-state index is 0.380. The second-order valence-electron chi connectivity index (χ2n) is 7.14. The molecule has 1 aromatic heterocycles. The van der Waals surface area contributed by atoms with Crippen LogP contribution in [0.1, 0.15) is 39.3 Å². The van der Waals surface area contributed by atoms with Gasteiger partial charge in [-0.05, 0) is 47.6 Å². The molecule has 3 rings (SSSR count). The third-order valence-corrected chi connectivity index (χ3v) is 5.76. The Morgan fingerprint density at radius 2 is 1.80 bits per heavy atom. The molecule has 0 saturated heterocycles. The van der Waals surface area contributed by atoms with E-state index < -0.39 is 0 Å². The number of hydrogen-bond acceptors (Lipinski definition) is 2. The van der Waals surface area contributed by atoms with E-state index >= 15 is 0 Å². The summed E-state index contributed by atoms with van der Waals surface area (Å²) >= 11 is 0. The lowest BCUT2D eigenvalue weighted by molar-refractivity contribution is 0.438. The molecule has 2 aromatic rings. The Labute approximate surface area is 121 Å². The average molecular weight is 268 g/mol. The molecule has 1 aromatic carbocycles. The first-order valence-electron chi connectivity index (χ1n) is 7.41. The van der Waals surface area contributed by atoms with E-state index in [1.807, 2.05) is 12.3 Å². The highest BCUT2D eigenvalue weighted by molar-refractivity contribution is 5.79. The molecule has 1 atom stereocenters. The summed E-state index contributed by atoms with van der Waals surface area (Å²) in [4.78, 5) is 4.40. The summed E-state index contributed by atoms with van der Waals surface area (Å²) in [5.41, 5.74) is 3.20. The zero-order valence-corrected chi connectivity index (χ0v) is 13.1. The second kappa shape index (κ2) is 4.29. The molecule has 2 nitrogen and oxygen atoms in total. The molecular weight excluding hydrogens is 244 g/mol. The van der Waals surface area contributed by atoms with Crippen LogP contribution in [-0.4, -0.2) is 12.0 Å². The smallest absolute Gasteiger partial charge is 0.0702 e. The number of nitrogens with one attached hydrogen (secondary N) is 1. The molecule has 1 saturated carbocycles. The Morgan fingerprint density at radius 1 is 1.10 bits per heavy atom. The second-order valence-corrected chi connectivity index (χ2v) is 7.14. The molecule has 0 spiro atoms. The Balaban J connectivity index is 2.01. The fourth-order valence-electron chi connectivity index (χ4n) is 3.89. The maximum absolute atomic E-state index is 4.40. The van der Waals surface area contributed by atoms with Gasteiger partial charge in [-0.1, -0.05) is 39.8 Å². The molecule has 106 valence electrons. The summed E-state index contributed by atoms with van der Waals surface area (Å²) in [5.74, 6) is 0.661. The number of fused-ring (bicyclic) bond motifs is 1. The van der Waals surface area contributed by atoms with E-state index in [9.17, 15) is 0 Å². The zero-order chi connectivity index (χ0) is 14.5. The van der Waals surface area contributed by atoms with Crippen molar-refractivity contribution in [2.45, 2.75) is 33.7 Å². The first kappa shape index (κ1) is 13.6. The molecule has 1 fully saturated rings. The maximum Gasteiger partial charge on any atom is 0.0702 e. The molecule has 1 aliphatic rings. The Morgan fingerprint density at radius 3 is 2.40 bits per heavy atom. The summed E-state index contributed by atoms with van der Waals surface area (Å²) in [5, 5.41) is 4.76. The molecule has 1 N–H and O–H groups in total. The van der Waals surface area contributed by atoms with Crippen molar-refractivity contribution < 1.29 is 0 Å². The lowest BCUT2D eigenvalue weighted by Crippen LogP contribution is -2.21. The van der Waals surface area contributed by atoms with Crippen LogP contribution < -0.4 is 5.32 Å². The van der Waals surface area contributed by atoms with Gasteiger partial charge in [0.15, 0.2) is 0 Å². The lowest BCUT2D eigenvalue weighted by Gasteiger charge is -2.19. The molecule has 0 radical (unpaired) electrons. The minimum Gasteiger partial charge on any atom is -0.313 e. The van der Waals surface area contributed by atoms with E-state index in [0.717, 1.165) is 5.52 Å². The van der Waals surface area contributed by atoms with Gasteiger partial charge < -0.3 is 5.32 Å². The fraction of sp³-hybridized carbons (Fsp3) is 0.500. The van der Waals surface area contributed by atoms with E-state index in [1.165, 1.54) is 10.9 Å². The van der Waals surface area contributed by atoms with Crippen LogP contribution in [0, 0.1) is 16.7 Å². The van der Waals surface area contributed by atoms with Gasteiger partial charge in [-0.2, -0.15) is 0 Å². The van der Waals surface area contributed by atoms with Crippen molar-refractivity contribution in [3.63, 3.8) is 0 Å². The topological polar surface area (TPSA) is 24.9 Å². The van der Waals surface area contributed by atoms with Gasteiger partial charge >= 0.3 is 0 Å². The molecule has 1 unspecified atom stereocenters. The van der Waals surface area contributed by atoms with Crippen molar-refractivity contribution >= 4 is 10.9 Å². The van der Waals surface area contributed by atoms with Gasteiger partial charge in [-0.25, -0.2) is 0 Å².